The molecule has 0 atom stereocenters. The minimum absolute atomic E-state index is 0.00634. The van der Waals surface area contributed by atoms with E-state index < -0.39 is 79.3 Å². The van der Waals surface area contributed by atoms with E-state index in [1.165, 1.54) is 0 Å². The zero-order chi connectivity index (χ0) is 59.3. The Labute approximate surface area is 499 Å². The quantitative estimate of drug-likeness (QED) is 0.0168. The van der Waals surface area contributed by atoms with E-state index in [0.29, 0.717) is 70.2 Å². The highest BCUT2D eigenvalue weighted by molar-refractivity contribution is 6.62. The molecule has 84 heavy (non-hydrogen) atoms. The molecule has 4 heterocycles. The molecule has 20 heteroatoms. The molecule has 0 aromatic heterocycles. The minimum Gasteiger partial charge on any atom is -0.457 e. The van der Waals surface area contributed by atoms with Gasteiger partial charge in [-0.25, -0.2) is 0 Å². The Kier molecular flexibility index (Phi) is 23.3. The molecule has 4 aliphatic heterocycles. The minimum atomic E-state index is -2.11. The fraction of sp³-hybridized carbons (Fsp3) is 0.625. The Balaban J connectivity index is 1.43. The first-order valence-corrected chi connectivity index (χ1v) is 32.2. The largest absolute Gasteiger partial charge is 0.496 e. The van der Waals surface area contributed by atoms with Crippen LogP contribution in [0.2, 0.25) is 0 Å². The Morgan fingerprint density at radius 3 is 0.571 bits per heavy atom. The third-order valence-corrected chi connectivity index (χ3v) is 18.3. The smallest absolute Gasteiger partial charge is 0.457 e. The molecule has 0 saturated heterocycles. The zero-order valence-corrected chi connectivity index (χ0v) is 50.4. The van der Waals surface area contributed by atoms with E-state index in [-0.39, 0.29) is 67.8 Å². The van der Waals surface area contributed by atoms with Crippen LogP contribution in [-0.4, -0.2) is 95.8 Å². The highest BCUT2D eigenvalue weighted by Gasteiger charge is 2.45. The van der Waals surface area contributed by atoms with Crippen LogP contribution < -0.4 is 59.7 Å². The molecule has 456 valence electrons. The van der Waals surface area contributed by atoms with Crippen LogP contribution in [0.15, 0.2) is 24.3 Å². The molecule has 4 aromatic carbocycles. The van der Waals surface area contributed by atoms with Crippen molar-refractivity contribution >= 4 is 50.3 Å². The number of rotatable bonds is 32. The monoisotopic (exact) mass is 1160 g/mol. The highest BCUT2D eigenvalue weighted by Crippen LogP contribution is 2.54. The maximum absolute atomic E-state index is 11.8. The van der Waals surface area contributed by atoms with Gasteiger partial charge in [0, 0.05) is 68.2 Å². The SMILES string of the molecule is CCCCCCCCC1c2cc3c4c(B(O)O)c2OCOc2c1cc1c(c2B(O)O)OCOc2c(cc5c(c2B(O)O)OCOc2c(cc(c(c2B(O)O)OCO4)C3CCCCCCCC)C5CCCCCCCC)C1CCCCCCCC. The van der Waals surface area contributed by atoms with Crippen molar-refractivity contribution in [1.82, 2.24) is 0 Å². The van der Waals surface area contributed by atoms with Gasteiger partial charge >= 0.3 is 28.5 Å². The van der Waals surface area contributed by atoms with Crippen molar-refractivity contribution < 1.29 is 78.1 Å². The third kappa shape index (κ3) is 14.0. The van der Waals surface area contributed by atoms with Crippen LogP contribution in [0.25, 0.3) is 0 Å². The lowest BCUT2D eigenvalue weighted by atomic mass is 9.66. The average Bonchev–Trinajstić information content (AvgIpc) is 2.07. The van der Waals surface area contributed by atoms with E-state index in [4.69, 9.17) is 37.9 Å². The molecule has 4 aromatic rings. The van der Waals surface area contributed by atoms with Crippen molar-refractivity contribution in [2.45, 2.75) is 231 Å². The van der Waals surface area contributed by atoms with Crippen molar-refractivity contribution in [3.8, 4) is 46.0 Å². The molecule has 0 fully saturated rings. The first-order chi connectivity index (χ1) is 40.9. The lowest BCUT2D eigenvalue weighted by Crippen LogP contribution is -2.41. The Morgan fingerprint density at radius 2 is 0.417 bits per heavy atom. The van der Waals surface area contributed by atoms with Crippen molar-refractivity contribution in [1.29, 1.82) is 0 Å². The zero-order valence-electron chi connectivity index (χ0n) is 50.4. The summed E-state index contributed by atoms with van der Waals surface area (Å²) in [7, 11) is -8.44. The summed E-state index contributed by atoms with van der Waals surface area (Å²) in [5.41, 5.74) is 4.94. The maximum atomic E-state index is 11.8. The van der Waals surface area contributed by atoms with Crippen LogP contribution in [-0.2, 0) is 0 Å². The lowest BCUT2D eigenvalue weighted by molar-refractivity contribution is 0.102. The maximum Gasteiger partial charge on any atom is 0.496 e. The van der Waals surface area contributed by atoms with Gasteiger partial charge in [-0.1, -0.05) is 182 Å². The molecular formula is C64H92B4O16. The first-order valence-electron chi connectivity index (χ1n) is 32.2. The number of unbranched alkanes of at least 4 members (excludes halogenated alkanes) is 20. The molecule has 9 rings (SSSR count). The van der Waals surface area contributed by atoms with Crippen molar-refractivity contribution in [3.63, 3.8) is 0 Å². The summed E-state index contributed by atoms with van der Waals surface area (Å²) >= 11 is 0. The predicted molar refractivity (Wildman–Crippen MR) is 329 cm³/mol. The normalized spacial score (nSPS) is 17.8. The summed E-state index contributed by atoms with van der Waals surface area (Å²) in [6, 6.07) is 8.27. The van der Waals surface area contributed by atoms with Gasteiger partial charge in [-0.2, -0.15) is 0 Å². The Hall–Kier alpha value is -4.78. The van der Waals surface area contributed by atoms with Gasteiger partial charge in [-0.15, -0.1) is 0 Å². The highest BCUT2D eigenvalue weighted by atomic mass is 16.7. The number of hydrogen-bond acceptors (Lipinski definition) is 16. The average molecular weight is 1160 g/mol. The van der Waals surface area contributed by atoms with Crippen LogP contribution in [0.4, 0.5) is 0 Å². The van der Waals surface area contributed by atoms with Crippen LogP contribution >= 0.6 is 0 Å². The van der Waals surface area contributed by atoms with Gasteiger partial charge in [-0.3, -0.25) is 0 Å². The molecule has 16 nitrogen and oxygen atoms in total. The van der Waals surface area contributed by atoms with Crippen LogP contribution in [0.5, 0.6) is 46.0 Å². The molecule has 0 unspecified atom stereocenters. The van der Waals surface area contributed by atoms with Crippen molar-refractivity contribution in [2.75, 3.05) is 27.2 Å². The summed E-state index contributed by atoms with van der Waals surface area (Å²) < 4.78 is 53.1. The van der Waals surface area contributed by atoms with E-state index in [9.17, 15) is 40.2 Å². The van der Waals surface area contributed by atoms with E-state index in [1.807, 2.05) is 0 Å². The summed E-state index contributed by atoms with van der Waals surface area (Å²) in [5, 5.41) is 94.8. The van der Waals surface area contributed by atoms with Gasteiger partial charge in [0.25, 0.3) is 0 Å². The molecule has 0 saturated carbocycles. The van der Waals surface area contributed by atoms with Gasteiger partial charge in [-0.05, 0) is 49.9 Å². The first kappa shape index (κ1) is 63.7. The van der Waals surface area contributed by atoms with E-state index in [0.717, 1.165) is 154 Å². The molecular weight excluding hydrogens is 1070 g/mol. The van der Waals surface area contributed by atoms with Crippen LogP contribution in [0, 0.1) is 0 Å². The lowest BCUT2D eigenvalue weighted by Gasteiger charge is -2.37. The van der Waals surface area contributed by atoms with Gasteiger partial charge in [0.1, 0.15) is 46.0 Å². The topological polar surface area (TPSA) is 236 Å². The van der Waals surface area contributed by atoms with Gasteiger partial charge in [0.05, 0.1) is 21.9 Å². The van der Waals surface area contributed by atoms with Gasteiger partial charge in [0.2, 0.25) is 27.2 Å². The second-order valence-corrected chi connectivity index (χ2v) is 24.1. The molecule has 0 spiro atoms. The third-order valence-electron chi connectivity index (χ3n) is 18.3. The number of ether oxygens (including phenoxy) is 8. The number of benzene rings is 4. The fourth-order valence-electron chi connectivity index (χ4n) is 14.2. The van der Waals surface area contributed by atoms with Gasteiger partial charge in [0.15, 0.2) is 0 Å². The summed E-state index contributed by atoms with van der Waals surface area (Å²) in [4.78, 5) is 0. The Morgan fingerprint density at radius 1 is 0.262 bits per heavy atom. The summed E-state index contributed by atoms with van der Waals surface area (Å²) in [5.74, 6) is -1.18. The molecule has 0 amide bonds. The second kappa shape index (κ2) is 30.7. The molecule has 8 bridgehead atoms. The molecule has 1 aliphatic carbocycles. The summed E-state index contributed by atoms with van der Waals surface area (Å²) in [6.45, 7) is 6.85. The predicted octanol–water partition coefficient (Wildman–Crippen LogP) is 9.16. The molecule has 5 aliphatic rings. The molecule has 0 radical (unpaired) electrons. The summed E-state index contributed by atoms with van der Waals surface area (Å²) in [6.07, 6.45) is 25.6. The van der Waals surface area contributed by atoms with Crippen LogP contribution in [0.3, 0.4) is 0 Å². The van der Waals surface area contributed by atoms with E-state index >= 15 is 0 Å². The van der Waals surface area contributed by atoms with Crippen LogP contribution in [0.1, 0.15) is 276 Å². The van der Waals surface area contributed by atoms with Crippen molar-refractivity contribution in [2.24, 2.45) is 0 Å². The standard InChI is InChI=1S/C64H92B4O16/c1-5-9-13-17-21-25-29-41-45-33-47-42(30-26-22-18-14-10-6-2)49-35-51-44(32-28-24-20-16-12-8-4)52-36-50-43(31-27-23-19-15-11-7-3)48-34-46(41)58-54(66(71)72)60(48)80-39-82-62(50)56(68(75)76)64(52)84-40-83-63(51)55(67(73)74)61(49)81-38-79-59(47)53(65(69)70)57(45)77-37-78-58/h33-36,41-44,69-76H,5-32,37-40H2,1-4H3. The van der Waals surface area contributed by atoms with E-state index in [1.54, 1.807) is 0 Å². The fourth-order valence-corrected chi connectivity index (χ4v) is 14.2. The van der Waals surface area contributed by atoms with Gasteiger partial charge < -0.3 is 78.1 Å². The second-order valence-electron chi connectivity index (χ2n) is 24.1. The number of hydrogen-bond donors (Lipinski definition) is 8. The van der Waals surface area contributed by atoms with E-state index in [2.05, 4.69) is 52.0 Å². The van der Waals surface area contributed by atoms with Crippen molar-refractivity contribution in [3.05, 3.63) is 68.8 Å². The Bertz CT molecular complexity index is 2310. The molecule has 8 N–H and O–H groups in total.